The number of rotatable bonds is 4. The predicted molar refractivity (Wildman–Crippen MR) is 59.8 cm³/mol. The van der Waals surface area contributed by atoms with Crippen LogP contribution in [0.25, 0.3) is 0 Å². The first kappa shape index (κ1) is 10.5. The van der Waals surface area contributed by atoms with Crippen LogP contribution in [0.2, 0.25) is 0 Å². The van der Waals surface area contributed by atoms with Crippen LogP contribution in [0.5, 0.6) is 0 Å². The molecule has 1 N–H and O–H groups in total. The fourth-order valence-corrected chi connectivity index (χ4v) is 2.24. The molecule has 1 heterocycles. The second kappa shape index (κ2) is 4.26. The number of anilines is 1. The first-order chi connectivity index (χ1) is 7.15. The molecule has 0 spiro atoms. The minimum atomic E-state index is 0.0993. The molecule has 1 aliphatic rings. The Bertz CT molecular complexity index is 357. The molecule has 82 valence electrons. The van der Waals surface area contributed by atoms with Gasteiger partial charge in [-0.25, -0.2) is 0 Å². The molecule has 0 saturated heterocycles. The van der Waals surface area contributed by atoms with Gasteiger partial charge in [0.05, 0.1) is 0 Å². The molecule has 0 aromatic carbocycles. The molecule has 0 bridgehead atoms. The number of amides is 1. The number of carbonyl (C=O) groups excluding carboxylic acids is 1. The van der Waals surface area contributed by atoms with Crippen molar-refractivity contribution >= 4 is 22.4 Å². The van der Waals surface area contributed by atoms with Gasteiger partial charge in [-0.3, -0.25) is 4.79 Å². The summed E-state index contributed by atoms with van der Waals surface area (Å²) in [7, 11) is 0. The molecule has 5 heteroatoms. The molecule has 0 radical (unpaired) electrons. The van der Waals surface area contributed by atoms with E-state index in [1.54, 1.807) is 0 Å². The molecule has 1 saturated carbocycles. The largest absolute Gasteiger partial charge is 0.300 e. The minimum Gasteiger partial charge on any atom is -0.300 e. The van der Waals surface area contributed by atoms with Crippen LogP contribution in [0.1, 0.15) is 31.7 Å². The summed E-state index contributed by atoms with van der Waals surface area (Å²) in [6.07, 6.45) is 2.96. The molecule has 1 fully saturated rings. The van der Waals surface area contributed by atoms with E-state index < -0.39 is 0 Å². The van der Waals surface area contributed by atoms with E-state index in [4.69, 9.17) is 0 Å². The van der Waals surface area contributed by atoms with Crippen LogP contribution in [0.4, 0.5) is 5.13 Å². The molecular formula is C10H15N3OS. The van der Waals surface area contributed by atoms with E-state index in [9.17, 15) is 4.79 Å². The maximum atomic E-state index is 11.4. The van der Waals surface area contributed by atoms with E-state index in [-0.39, 0.29) is 11.8 Å². The predicted octanol–water partition coefficient (Wildman–Crippen LogP) is 2.09. The van der Waals surface area contributed by atoms with Crippen molar-refractivity contribution in [3.8, 4) is 0 Å². The Morgan fingerprint density at radius 1 is 1.53 bits per heavy atom. The Kier molecular flexibility index (Phi) is 3.00. The van der Waals surface area contributed by atoms with Gasteiger partial charge in [0.25, 0.3) is 0 Å². The third-order valence-electron chi connectivity index (χ3n) is 2.23. The summed E-state index contributed by atoms with van der Waals surface area (Å²) in [6, 6.07) is 0. The lowest BCUT2D eigenvalue weighted by Gasteiger charge is -1.98. The number of hydrogen-bond acceptors (Lipinski definition) is 4. The summed E-state index contributed by atoms with van der Waals surface area (Å²) in [5.74, 6) is 0.898. The fraction of sp³-hybridized carbons (Fsp3) is 0.700. The van der Waals surface area contributed by atoms with E-state index in [0.29, 0.717) is 11.0 Å². The molecule has 2 rings (SSSR count). The highest BCUT2D eigenvalue weighted by Gasteiger charge is 2.30. The van der Waals surface area contributed by atoms with Gasteiger partial charge < -0.3 is 5.32 Å². The number of nitrogens with one attached hydrogen (secondary N) is 1. The topological polar surface area (TPSA) is 54.9 Å². The first-order valence-electron chi connectivity index (χ1n) is 5.28. The van der Waals surface area contributed by atoms with Crippen molar-refractivity contribution in [3.63, 3.8) is 0 Å². The van der Waals surface area contributed by atoms with Crippen LogP contribution in [0.3, 0.4) is 0 Å². The van der Waals surface area contributed by atoms with Crippen molar-refractivity contribution in [3.05, 3.63) is 5.01 Å². The van der Waals surface area contributed by atoms with Gasteiger partial charge in [-0.05, 0) is 18.8 Å². The minimum absolute atomic E-state index is 0.0993. The third-order valence-corrected chi connectivity index (χ3v) is 3.09. The number of aromatic nitrogens is 2. The zero-order chi connectivity index (χ0) is 10.8. The van der Waals surface area contributed by atoms with Gasteiger partial charge in [0, 0.05) is 12.3 Å². The average Bonchev–Trinajstić information content (AvgIpc) is 2.90. The molecule has 1 aromatic rings. The van der Waals surface area contributed by atoms with Crippen LogP contribution in [-0.4, -0.2) is 16.1 Å². The highest BCUT2D eigenvalue weighted by Crippen LogP contribution is 2.30. The first-order valence-corrected chi connectivity index (χ1v) is 6.10. The summed E-state index contributed by atoms with van der Waals surface area (Å²) in [4.78, 5) is 11.4. The Morgan fingerprint density at radius 3 is 2.87 bits per heavy atom. The second-order valence-corrected chi connectivity index (χ2v) is 5.42. The molecule has 15 heavy (non-hydrogen) atoms. The van der Waals surface area contributed by atoms with Gasteiger partial charge in [-0.15, -0.1) is 10.2 Å². The van der Waals surface area contributed by atoms with Crippen molar-refractivity contribution in [1.82, 2.24) is 10.2 Å². The monoisotopic (exact) mass is 225 g/mol. The third kappa shape index (κ3) is 2.99. The summed E-state index contributed by atoms with van der Waals surface area (Å²) in [6.45, 7) is 4.29. The molecule has 1 aromatic heterocycles. The van der Waals surface area contributed by atoms with Crippen LogP contribution < -0.4 is 5.32 Å². The SMILES string of the molecule is CC(C)Cc1nnc(NC(=O)C2CC2)s1. The number of nitrogens with zero attached hydrogens (tertiary/aromatic N) is 2. The van der Waals surface area contributed by atoms with Gasteiger partial charge in [-0.2, -0.15) is 0 Å². The average molecular weight is 225 g/mol. The Balaban J connectivity index is 1.91. The molecular weight excluding hydrogens is 210 g/mol. The Morgan fingerprint density at radius 2 is 2.27 bits per heavy atom. The summed E-state index contributed by atoms with van der Waals surface area (Å²) < 4.78 is 0. The van der Waals surface area contributed by atoms with E-state index in [1.165, 1.54) is 11.3 Å². The van der Waals surface area contributed by atoms with Crippen LogP contribution >= 0.6 is 11.3 Å². The molecule has 0 aliphatic heterocycles. The highest BCUT2D eigenvalue weighted by atomic mass is 32.1. The van der Waals surface area contributed by atoms with Crippen molar-refractivity contribution in [2.75, 3.05) is 5.32 Å². The maximum Gasteiger partial charge on any atom is 0.229 e. The highest BCUT2D eigenvalue weighted by molar-refractivity contribution is 7.15. The van der Waals surface area contributed by atoms with Gasteiger partial charge in [0.2, 0.25) is 11.0 Å². The number of carbonyl (C=O) groups is 1. The van der Waals surface area contributed by atoms with Gasteiger partial charge in [0.1, 0.15) is 5.01 Å². The van der Waals surface area contributed by atoms with Crippen LogP contribution in [0, 0.1) is 11.8 Å². The van der Waals surface area contributed by atoms with E-state index >= 15 is 0 Å². The smallest absolute Gasteiger partial charge is 0.229 e. The van der Waals surface area contributed by atoms with Crippen molar-refractivity contribution in [1.29, 1.82) is 0 Å². The lowest BCUT2D eigenvalue weighted by atomic mass is 10.1. The molecule has 0 atom stereocenters. The molecule has 1 aliphatic carbocycles. The van der Waals surface area contributed by atoms with Crippen molar-refractivity contribution in [2.24, 2.45) is 11.8 Å². The zero-order valence-corrected chi connectivity index (χ0v) is 9.80. The van der Waals surface area contributed by atoms with Crippen molar-refractivity contribution in [2.45, 2.75) is 33.1 Å². The summed E-state index contributed by atoms with van der Waals surface area (Å²) in [5, 5.41) is 12.4. The lowest BCUT2D eigenvalue weighted by molar-refractivity contribution is -0.117. The maximum absolute atomic E-state index is 11.4. The quantitative estimate of drug-likeness (QED) is 0.853. The molecule has 1 amide bonds. The van der Waals surface area contributed by atoms with E-state index in [0.717, 1.165) is 24.3 Å². The van der Waals surface area contributed by atoms with Gasteiger partial charge in [-0.1, -0.05) is 25.2 Å². The fourth-order valence-electron chi connectivity index (χ4n) is 1.29. The Labute approximate surface area is 93.1 Å². The van der Waals surface area contributed by atoms with Crippen LogP contribution in [0.15, 0.2) is 0 Å². The second-order valence-electron chi connectivity index (χ2n) is 4.36. The van der Waals surface area contributed by atoms with Crippen LogP contribution in [-0.2, 0) is 11.2 Å². The molecule has 4 nitrogen and oxygen atoms in total. The van der Waals surface area contributed by atoms with Gasteiger partial charge in [0.15, 0.2) is 0 Å². The summed E-state index contributed by atoms with van der Waals surface area (Å²) >= 11 is 1.48. The number of hydrogen-bond donors (Lipinski definition) is 1. The standard InChI is InChI=1S/C10H15N3OS/c1-6(2)5-8-12-13-10(15-8)11-9(14)7-3-4-7/h6-7H,3-5H2,1-2H3,(H,11,13,14). The van der Waals surface area contributed by atoms with E-state index in [1.807, 2.05) is 0 Å². The lowest BCUT2D eigenvalue weighted by Crippen LogP contribution is -2.12. The van der Waals surface area contributed by atoms with Crippen molar-refractivity contribution < 1.29 is 4.79 Å². The normalized spacial score (nSPS) is 15.7. The Hall–Kier alpha value is -0.970. The molecule has 0 unspecified atom stereocenters. The van der Waals surface area contributed by atoms with E-state index in [2.05, 4.69) is 29.4 Å². The zero-order valence-electron chi connectivity index (χ0n) is 8.99. The van der Waals surface area contributed by atoms with Gasteiger partial charge >= 0.3 is 0 Å². The summed E-state index contributed by atoms with van der Waals surface area (Å²) in [5.41, 5.74) is 0.